The number of anilines is 1. The van der Waals surface area contributed by atoms with Gasteiger partial charge >= 0.3 is 0 Å². The Balaban J connectivity index is 1.75. The number of fused-ring (bicyclic) bond motifs is 1. The second kappa shape index (κ2) is 5.93. The van der Waals surface area contributed by atoms with Crippen LogP contribution in [-0.4, -0.2) is 25.0 Å². The summed E-state index contributed by atoms with van der Waals surface area (Å²) in [6.45, 7) is 0.481. The Morgan fingerprint density at radius 1 is 1.09 bits per heavy atom. The van der Waals surface area contributed by atoms with E-state index in [0.717, 1.165) is 22.3 Å². The first kappa shape index (κ1) is 14.2. The molecule has 0 spiro atoms. The number of rotatable bonds is 4. The van der Waals surface area contributed by atoms with E-state index in [1.807, 2.05) is 61.5 Å². The minimum atomic E-state index is -0.0667. The molecule has 4 heteroatoms. The molecular weight excluding hydrogens is 274 g/mol. The van der Waals surface area contributed by atoms with Crippen LogP contribution in [0, 0.1) is 0 Å². The summed E-state index contributed by atoms with van der Waals surface area (Å²) in [6.07, 6.45) is 0. The largest absolute Gasteiger partial charge is 0.377 e. The fourth-order valence-corrected chi connectivity index (χ4v) is 2.56. The van der Waals surface area contributed by atoms with Crippen molar-refractivity contribution < 1.29 is 4.79 Å². The number of amides is 1. The number of H-pyrrole nitrogens is 1. The normalized spacial score (nSPS) is 10.6. The maximum absolute atomic E-state index is 12.4. The van der Waals surface area contributed by atoms with Gasteiger partial charge in [0.2, 0.25) is 0 Å². The predicted molar refractivity (Wildman–Crippen MR) is 90.2 cm³/mol. The van der Waals surface area contributed by atoms with Crippen LogP contribution in [0.3, 0.4) is 0 Å². The molecule has 2 aromatic carbocycles. The van der Waals surface area contributed by atoms with E-state index in [9.17, 15) is 4.79 Å². The summed E-state index contributed by atoms with van der Waals surface area (Å²) < 4.78 is 0. The molecule has 0 bridgehead atoms. The van der Waals surface area contributed by atoms with Crippen LogP contribution in [0.25, 0.3) is 10.9 Å². The van der Waals surface area contributed by atoms with Gasteiger partial charge < -0.3 is 15.2 Å². The van der Waals surface area contributed by atoms with E-state index in [2.05, 4.69) is 22.4 Å². The average molecular weight is 293 g/mol. The molecule has 0 fully saturated rings. The maximum atomic E-state index is 12.4. The molecule has 112 valence electrons. The molecule has 3 aromatic rings. The van der Waals surface area contributed by atoms with Gasteiger partial charge in [0.25, 0.3) is 5.91 Å². The van der Waals surface area contributed by atoms with Gasteiger partial charge in [-0.15, -0.1) is 0 Å². The summed E-state index contributed by atoms with van der Waals surface area (Å²) in [7, 11) is 3.87. The molecule has 3 rings (SSSR count). The van der Waals surface area contributed by atoms with E-state index in [1.165, 1.54) is 0 Å². The zero-order valence-corrected chi connectivity index (χ0v) is 12.8. The number of aromatic nitrogens is 1. The van der Waals surface area contributed by atoms with E-state index in [1.54, 1.807) is 0 Å². The van der Waals surface area contributed by atoms with Crippen molar-refractivity contribution in [3.63, 3.8) is 0 Å². The zero-order chi connectivity index (χ0) is 15.5. The summed E-state index contributed by atoms with van der Waals surface area (Å²) in [5.74, 6) is -0.0667. The quantitative estimate of drug-likeness (QED) is 0.776. The summed E-state index contributed by atoms with van der Waals surface area (Å²) in [5, 5.41) is 4.13. The minimum Gasteiger partial charge on any atom is -0.377 e. The number of aromatic amines is 1. The maximum Gasteiger partial charge on any atom is 0.253 e. The molecule has 0 saturated carbocycles. The van der Waals surface area contributed by atoms with Crippen LogP contribution in [0.1, 0.15) is 16.1 Å². The van der Waals surface area contributed by atoms with Gasteiger partial charge in [0, 0.05) is 31.0 Å². The molecule has 22 heavy (non-hydrogen) atoms. The first-order valence-corrected chi connectivity index (χ1v) is 7.26. The molecule has 0 radical (unpaired) electrons. The predicted octanol–water partition coefficient (Wildman–Crippen LogP) is 3.16. The molecule has 2 N–H and O–H groups in total. The lowest BCUT2D eigenvalue weighted by molar-refractivity contribution is 0.0951. The third-order valence-corrected chi connectivity index (χ3v) is 3.66. The topological polar surface area (TPSA) is 48.1 Å². The first-order valence-electron chi connectivity index (χ1n) is 7.26. The highest BCUT2D eigenvalue weighted by Gasteiger charge is 2.12. The third-order valence-electron chi connectivity index (χ3n) is 3.66. The standard InChI is InChI=1S/C18H19N3O/c1-21(2)17-10-6-4-8-15(17)18(22)19-12-14-11-13-7-3-5-9-16(13)20-14/h3-11,20H,12H2,1-2H3,(H,19,22). The van der Waals surface area contributed by atoms with Crippen molar-refractivity contribution in [3.8, 4) is 0 Å². The number of benzene rings is 2. The van der Waals surface area contributed by atoms with Crippen molar-refractivity contribution in [2.24, 2.45) is 0 Å². The van der Waals surface area contributed by atoms with Gasteiger partial charge in [0.15, 0.2) is 0 Å². The van der Waals surface area contributed by atoms with E-state index in [4.69, 9.17) is 0 Å². The number of nitrogens with zero attached hydrogens (tertiary/aromatic N) is 1. The lowest BCUT2D eigenvalue weighted by atomic mass is 10.1. The molecule has 1 aromatic heterocycles. The first-order chi connectivity index (χ1) is 10.6. The molecular formula is C18H19N3O. The lowest BCUT2D eigenvalue weighted by Crippen LogP contribution is -2.25. The van der Waals surface area contributed by atoms with Gasteiger partial charge in [-0.1, -0.05) is 30.3 Å². The van der Waals surface area contributed by atoms with Crippen molar-refractivity contribution in [1.29, 1.82) is 0 Å². The van der Waals surface area contributed by atoms with Gasteiger partial charge in [-0.05, 0) is 29.7 Å². The van der Waals surface area contributed by atoms with Crippen molar-refractivity contribution >= 4 is 22.5 Å². The van der Waals surface area contributed by atoms with Crippen LogP contribution in [0.15, 0.2) is 54.6 Å². The van der Waals surface area contributed by atoms with Crippen molar-refractivity contribution in [2.75, 3.05) is 19.0 Å². The van der Waals surface area contributed by atoms with Crippen molar-refractivity contribution in [3.05, 3.63) is 65.9 Å². The van der Waals surface area contributed by atoms with Gasteiger partial charge in [-0.3, -0.25) is 4.79 Å². The number of hydrogen-bond donors (Lipinski definition) is 2. The molecule has 0 atom stereocenters. The van der Waals surface area contributed by atoms with Crippen molar-refractivity contribution in [2.45, 2.75) is 6.54 Å². The monoisotopic (exact) mass is 293 g/mol. The van der Waals surface area contributed by atoms with Gasteiger partial charge in [-0.25, -0.2) is 0 Å². The lowest BCUT2D eigenvalue weighted by Gasteiger charge is -2.16. The second-order valence-corrected chi connectivity index (χ2v) is 5.48. The molecule has 1 heterocycles. The van der Waals surface area contributed by atoms with E-state index < -0.39 is 0 Å². The van der Waals surface area contributed by atoms with E-state index >= 15 is 0 Å². The highest BCUT2D eigenvalue weighted by Crippen LogP contribution is 2.18. The molecule has 0 aliphatic carbocycles. The van der Waals surface area contributed by atoms with Crippen LogP contribution >= 0.6 is 0 Å². The third kappa shape index (κ3) is 2.81. The van der Waals surface area contributed by atoms with Crippen molar-refractivity contribution in [1.82, 2.24) is 10.3 Å². The highest BCUT2D eigenvalue weighted by atomic mass is 16.1. The number of nitrogens with one attached hydrogen (secondary N) is 2. The molecule has 0 saturated heterocycles. The fraction of sp³-hybridized carbons (Fsp3) is 0.167. The molecule has 0 unspecified atom stereocenters. The van der Waals surface area contributed by atoms with Gasteiger partial charge in [0.05, 0.1) is 12.1 Å². The number of carbonyl (C=O) groups is 1. The van der Waals surface area contributed by atoms with Crippen LogP contribution in [0.5, 0.6) is 0 Å². The Hall–Kier alpha value is -2.75. The Kier molecular flexibility index (Phi) is 3.83. The number of carbonyl (C=O) groups excluding carboxylic acids is 1. The van der Waals surface area contributed by atoms with E-state index in [-0.39, 0.29) is 5.91 Å². The minimum absolute atomic E-state index is 0.0667. The summed E-state index contributed by atoms with van der Waals surface area (Å²) in [5.41, 5.74) is 3.68. The summed E-state index contributed by atoms with van der Waals surface area (Å²) in [4.78, 5) is 17.7. The summed E-state index contributed by atoms with van der Waals surface area (Å²) in [6, 6.07) is 17.7. The Morgan fingerprint density at radius 2 is 1.82 bits per heavy atom. The number of para-hydroxylation sites is 2. The van der Waals surface area contributed by atoms with E-state index in [0.29, 0.717) is 12.1 Å². The van der Waals surface area contributed by atoms with Crippen LogP contribution < -0.4 is 10.2 Å². The second-order valence-electron chi connectivity index (χ2n) is 5.48. The Morgan fingerprint density at radius 3 is 2.59 bits per heavy atom. The average Bonchev–Trinajstić information content (AvgIpc) is 2.95. The SMILES string of the molecule is CN(C)c1ccccc1C(=O)NCc1cc2ccccc2[nH]1. The van der Waals surface area contributed by atoms with Gasteiger partial charge in [0.1, 0.15) is 0 Å². The Labute approximate surface area is 129 Å². The van der Waals surface area contributed by atoms with Crippen LogP contribution in [0.4, 0.5) is 5.69 Å². The summed E-state index contributed by atoms with van der Waals surface area (Å²) >= 11 is 0. The van der Waals surface area contributed by atoms with Gasteiger partial charge in [-0.2, -0.15) is 0 Å². The van der Waals surface area contributed by atoms with Crippen LogP contribution in [-0.2, 0) is 6.54 Å². The zero-order valence-electron chi connectivity index (χ0n) is 12.8. The molecule has 1 amide bonds. The smallest absolute Gasteiger partial charge is 0.253 e. The van der Waals surface area contributed by atoms with Crippen LogP contribution in [0.2, 0.25) is 0 Å². The molecule has 0 aliphatic heterocycles. The Bertz CT molecular complexity index is 772. The molecule has 0 aliphatic rings. The highest BCUT2D eigenvalue weighted by molar-refractivity contribution is 5.99. The molecule has 4 nitrogen and oxygen atoms in total. The fourth-order valence-electron chi connectivity index (χ4n) is 2.56. The number of hydrogen-bond acceptors (Lipinski definition) is 2.